The number of hydrogen-bond acceptors (Lipinski definition) is 3. The first-order valence-corrected chi connectivity index (χ1v) is 7.54. The van der Waals surface area contributed by atoms with Crippen LogP contribution in [0.2, 0.25) is 5.02 Å². The van der Waals surface area contributed by atoms with Crippen molar-refractivity contribution in [3.05, 3.63) is 63.6 Å². The maximum Gasteiger partial charge on any atom is 0.419 e. The molecule has 0 aliphatic carbocycles. The van der Waals surface area contributed by atoms with E-state index in [1.54, 1.807) is 37.4 Å². The Morgan fingerprint density at radius 1 is 1.26 bits per heavy atom. The molecule has 0 spiro atoms. The van der Waals surface area contributed by atoms with Crippen LogP contribution in [0.25, 0.3) is 11.1 Å². The quantitative estimate of drug-likeness (QED) is 0.797. The molecule has 0 fully saturated rings. The summed E-state index contributed by atoms with van der Waals surface area (Å²) in [5, 5.41) is 3.39. The number of aromatic nitrogens is 1. The molecule has 3 aromatic rings. The van der Waals surface area contributed by atoms with E-state index in [0.717, 1.165) is 11.1 Å². The van der Waals surface area contributed by atoms with Gasteiger partial charge in [-0.05, 0) is 42.3 Å². The van der Waals surface area contributed by atoms with Crippen molar-refractivity contribution in [2.75, 3.05) is 5.32 Å². The number of halogens is 1. The average Bonchev–Trinajstić information content (AvgIpc) is 2.80. The summed E-state index contributed by atoms with van der Waals surface area (Å²) in [5.41, 5.74) is 2.91. The van der Waals surface area contributed by atoms with Gasteiger partial charge in [0.15, 0.2) is 5.58 Å². The largest absolute Gasteiger partial charge is 0.419 e. The van der Waals surface area contributed by atoms with Crippen LogP contribution in [0.4, 0.5) is 5.69 Å². The Hall–Kier alpha value is -2.53. The summed E-state index contributed by atoms with van der Waals surface area (Å²) in [7, 11) is 1.66. The van der Waals surface area contributed by atoms with Gasteiger partial charge in [0.25, 0.3) is 0 Å². The van der Waals surface area contributed by atoms with E-state index in [9.17, 15) is 9.59 Å². The van der Waals surface area contributed by atoms with Crippen LogP contribution in [-0.2, 0) is 18.3 Å². The third-order valence-corrected chi connectivity index (χ3v) is 3.84. The van der Waals surface area contributed by atoms with Gasteiger partial charge in [-0.15, -0.1) is 0 Å². The highest BCUT2D eigenvalue weighted by Gasteiger charge is 2.08. The van der Waals surface area contributed by atoms with Crippen LogP contribution in [-0.4, -0.2) is 10.5 Å². The molecule has 0 radical (unpaired) electrons. The van der Waals surface area contributed by atoms with Gasteiger partial charge in [0, 0.05) is 24.2 Å². The zero-order valence-electron chi connectivity index (χ0n) is 12.5. The number of oxazole rings is 1. The summed E-state index contributed by atoms with van der Waals surface area (Å²) < 4.78 is 6.53. The lowest BCUT2D eigenvalue weighted by Crippen LogP contribution is -2.12. The zero-order chi connectivity index (χ0) is 16.4. The number of anilines is 1. The van der Waals surface area contributed by atoms with Crippen molar-refractivity contribution in [2.24, 2.45) is 7.05 Å². The van der Waals surface area contributed by atoms with Crippen LogP contribution >= 0.6 is 11.6 Å². The highest BCUT2D eigenvalue weighted by atomic mass is 35.5. The van der Waals surface area contributed by atoms with E-state index in [1.807, 2.05) is 12.1 Å². The second-order valence-corrected chi connectivity index (χ2v) is 5.72. The number of amides is 1. The lowest BCUT2D eigenvalue weighted by molar-refractivity contribution is -0.116. The van der Waals surface area contributed by atoms with E-state index in [4.69, 9.17) is 16.0 Å². The minimum atomic E-state index is -0.393. The van der Waals surface area contributed by atoms with E-state index in [1.165, 1.54) is 4.57 Å². The lowest BCUT2D eigenvalue weighted by atomic mass is 10.1. The maximum atomic E-state index is 12.0. The molecule has 0 aliphatic rings. The summed E-state index contributed by atoms with van der Waals surface area (Å²) >= 11 is 5.89. The van der Waals surface area contributed by atoms with Gasteiger partial charge in [0.1, 0.15) is 0 Å². The standard InChI is InChI=1S/C17H15ClN2O3/c1-20-14-9-11(5-7-15(14)23-17(20)22)6-8-16(21)19-13-4-2-3-12(18)10-13/h2-5,7,9-10H,6,8H2,1H3,(H,19,21). The van der Waals surface area contributed by atoms with Crippen molar-refractivity contribution in [3.63, 3.8) is 0 Å². The molecule has 5 nitrogen and oxygen atoms in total. The SMILES string of the molecule is Cn1c(=O)oc2ccc(CCC(=O)Nc3cccc(Cl)c3)cc21. The molecule has 1 amide bonds. The molecule has 118 valence electrons. The van der Waals surface area contributed by atoms with E-state index >= 15 is 0 Å². The molecule has 2 aromatic carbocycles. The first kappa shape index (κ1) is 15.4. The van der Waals surface area contributed by atoms with Crippen molar-refractivity contribution in [1.29, 1.82) is 0 Å². The minimum absolute atomic E-state index is 0.0894. The second-order valence-electron chi connectivity index (χ2n) is 5.29. The fourth-order valence-corrected chi connectivity index (χ4v) is 2.57. The van der Waals surface area contributed by atoms with Gasteiger partial charge in [0.05, 0.1) is 5.52 Å². The van der Waals surface area contributed by atoms with Gasteiger partial charge in [-0.3, -0.25) is 9.36 Å². The number of nitrogens with zero attached hydrogens (tertiary/aromatic N) is 1. The molecular weight excluding hydrogens is 316 g/mol. The third kappa shape index (κ3) is 3.46. The molecule has 0 aliphatic heterocycles. The Labute approximate surface area is 137 Å². The summed E-state index contributed by atoms with van der Waals surface area (Å²) in [6.07, 6.45) is 0.908. The van der Waals surface area contributed by atoms with Gasteiger partial charge in [0.2, 0.25) is 5.91 Å². The number of carbonyl (C=O) groups is 1. The molecule has 0 saturated heterocycles. The van der Waals surface area contributed by atoms with Crippen molar-refractivity contribution in [1.82, 2.24) is 4.57 Å². The Kier molecular flexibility index (Phi) is 4.21. The lowest BCUT2D eigenvalue weighted by Gasteiger charge is -2.06. The first-order valence-electron chi connectivity index (χ1n) is 7.17. The van der Waals surface area contributed by atoms with Crippen LogP contribution < -0.4 is 11.1 Å². The number of fused-ring (bicyclic) bond motifs is 1. The number of carbonyl (C=O) groups excluding carboxylic acids is 1. The summed E-state index contributed by atoms with van der Waals surface area (Å²) in [6.45, 7) is 0. The average molecular weight is 331 g/mol. The van der Waals surface area contributed by atoms with Crippen LogP contribution in [0.1, 0.15) is 12.0 Å². The number of nitrogens with one attached hydrogen (secondary N) is 1. The smallest absolute Gasteiger partial charge is 0.408 e. The number of benzene rings is 2. The highest BCUT2D eigenvalue weighted by molar-refractivity contribution is 6.30. The summed E-state index contributed by atoms with van der Waals surface area (Å²) in [5.74, 6) is -0.482. The Bertz CT molecular complexity index is 927. The molecule has 23 heavy (non-hydrogen) atoms. The van der Waals surface area contributed by atoms with Crippen molar-refractivity contribution in [2.45, 2.75) is 12.8 Å². The number of aryl methyl sites for hydroxylation is 2. The fraction of sp³-hybridized carbons (Fsp3) is 0.176. The van der Waals surface area contributed by atoms with E-state index < -0.39 is 5.76 Å². The molecule has 1 heterocycles. The Morgan fingerprint density at radius 2 is 2.09 bits per heavy atom. The molecule has 3 rings (SSSR count). The third-order valence-electron chi connectivity index (χ3n) is 3.60. The molecule has 0 unspecified atom stereocenters. The molecule has 0 atom stereocenters. The van der Waals surface area contributed by atoms with Crippen molar-refractivity contribution in [3.8, 4) is 0 Å². The molecule has 0 bridgehead atoms. The minimum Gasteiger partial charge on any atom is -0.408 e. The van der Waals surface area contributed by atoms with Crippen LogP contribution in [0.3, 0.4) is 0 Å². The molecular formula is C17H15ClN2O3. The van der Waals surface area contributed by atoms with Crippen LogP contribution in [0.5, 0.6) is 0 Å². The number of rotatable bonds is 4. The molecule has 1 N–H and O–H groups in total. The van der Waals surface area contributed by atoms with E-state index in [-0.39, 0.29) is 5.91 Å². The topological polar surface area (TPSA) is 64.2 Å². The van der Waals surface area contributed by atoms with Gasteiger partial charge in [-0.1, -0.05) is 23.7 Å². The molecule has 1 aromatic heterocycles. The zero-order valence-corrected chi connectivity index (χ0v) is 13.3. The summed E-state index contributed by atoms with van der Waals surface area (Å²) in [4.78, 5) is 23.5. The Balaban J connectivity index is 1.67. The predicted molar refractivity (Wildman–Crippen MR) is 89.9 cm³/mol. The normalized spacial score (nSPS) is 10.9. The van der Waals surface area contributed by atoms with Gasteiger partial charge in [-0.25, -0.2) is 4.79 Å². The van der Waals surface area contributed by atoms with Crippen molar-refractivity contribution < 1.29 is 9.21 Å². The van der Waals surface area contributed by atoms with E-state index in [2.05, 4.69) is 5.32 Å². The number of hydrogen-bond donors (Lipinski definition) is 1. The maximum absolute atomic E-state index is 12.0. The van der Waals surface area contributed by atoms with Gasteiger partial charge in [-0.2, -0.15) is 0 Å². The monoisotopic (exact) mass is 330 g/mol. The van der Waals surface area contributed by atoms with Gasteiger partial charge >= 0.3 is 5.76 Å². The van der Waals surface area contributed by atoms with Crippen LogP contribution in [0.15, 0.2) is 51.7 Å². The first-order chi connectivity index (χ1) is 11.0. The van der Waals surface area contributed by atoms with Crippen molar-refractivity contribution >= 4 is 34.3 Å². The summed E-state index contributed by atoms with van der Waals surface area (Å²) in [6, 6.07) is 12.5. The second kappa shape index (κ2) is 6.30. The predicted octanol–water partition coefficient (Wildman–Crippen LogP) is 3.36. The fourth-order valence-electron chi connectivity index (χ4n) is 2.38. The Morgan fingerprint density at radius 3 is 2.87 bits per heavy atom. The molecule has 6 heteroatoms. The van der Waals surface area contributed by atoms with Gasteiger partial charge < -0.3 is 9.73 Å². The van der Waals surface area contributed by atoms with E-state index in [0.29, 0.717) is 29.1 Å². The molecule has 0 saturated carbocycles. The van der Waals surface area contributed by atoms with Crippen LogP contribution in [0, 0.1) is 0 Å². The highest BCUT2D eigenvalue weighted by Crippen LogP contribution is 2.17.